The molecule has 2 aromatic rings. The average molecular weight is 299 g/mol. The maximum Gasteiger partial charge on any atom is 0.332 e. The van der Waals surface area contributed by atoms with Crippen molar-refractivity contribution in [3.05, 3.63) is 62.3 Å². The first kappa shape index (κ1) is 14.2. The van der Waals surface area contributed by atoms with Crippen molar-refractivity contribution in [2.24, 2.45) is 14.1 Å². The largest absolute Gasteiger partial charge is 0.497 e. The zero-order valence-corrected chi connectivity index (χ0v) is 12.7. The minimum atomic E-state index is -0.341. The molecule has 1 N–H and O–H groups in total. The van der Waals surface area contributed by atoms with E-state index in [1.165, 1.54) is 11.6 Å². The van der Waals surface area contributed by atoms with Gasteiger partial charge in [-0.15, -0.1) is 0 Å². The van der Waals surface area contributed by atoms with Crippen molar-refractivity contribution in [3.63, 3.8) is 0 Å². The molecule has 1 aliphatic heterocycles. The summed E-state index contributed by atoms with van der Waals surface area (Å²) in [6.07, 6.45) is 2.44. The summed E-state index contributed by atoms with van der Waals surface area (Å²) in [5.41, 5.74) is 1.85. The predicted molar refractivity (Wildman–Crippen MR) is 85.2 cm³/mol. The average Bonchev–Trinajstić information content (AvgIpc) is 2.57. The molecule has 3 rings (SSSR count). The Balaban J connectivity index is 2.05. The van der Waals surface area contributed by atoms with Crippen LogP contribution in [0.15, 0.2) is 39.9 Å². The second-order valence-corrected chi connectivity index (χ2v) is 5.21. The number of rotatable bonds is 2. The van der Waals surface area contributed by atoms with E-state index in [9.17, 15) is 9.59 Å². The Hall–Kier alpha value is -2.76. The molecule has 0 unspecified atom stereocenters. The van der Waals surface area contributed by atoms with Crippen molar-refractivity contribution >= 4 is 11.5 Å². The quantitative estimate of drug-likeness (QED) is 0.902. The molecule has 22 heavy (non-hydrogen) atoms. The topological polar surface area (TPSA) is 65.3 Å². The normalized spacial score (nSPS) is 13.1. The van der Waals surface area contributed by atoms with Crippen molar-refractivity contribution in [3.8, 4) is 5.75 Å². The van der Waals surface area contributed by atoms with Gasteiger partial charge in [-0.25, -0.2) is 4.79 Å². The lowest BCUT2D eigenvalue weighted by molar-refractivity contribution is 0.415. The highest BCUT2D eigenvalue weighted by atomic mass is 16.5. The van der Waals surface area contributed by atoms with E-state index in [0.29, 0.717) is 17.8 Å². The van der Waals surface area contributed by atoms with Crippen molar-refractivity contribution in [1.82, 2.24) is 9.13 Å². The fourth-order valence-electron chi connectivity index (χ4n) is 2.60. The highest BCUT2D eigenvalue weighted by molar-refractivity contribution is 5.79. The van der Waals surface area contributed by atoms with Crippen LogP contribution in [0.2, 0.25) is 0 Å². The number of allylic oxidation sites excluding steroid dienone is 1. The third-order valence-corrected chi connectivity index (χ3v) is 3.92. The van der Waals surface area contributed by atoms with E-state index in [-0.39, 0.29) is 11.2 Å². The molecule has 114 valence electrons. The lowest BCUT2D eigenvalue weighted by atomic mass is 10.0. The maximum absolute atomic E-state index is 12.2. The molecule has 0 amide bonds. The van der Waals surface area contributed by atoms with Gasteiger partial charge in [0.05, 0.1) is 12.7 Å². The van der Waals surface area contributed by atoms with Gasteiger partial charge < -0.3 is 10.1 Å². The summed E-state index contributed by atoms with van der Waals surface area (Å²) >= 11 is 0. The highest BCUT2D eigenvalue weighted by Gasteiger charge is 2.19. The van der Waals surface area contributed by atoms with E-state index in [2.05, 4.69) is 5.32 Å². The van der Waals surface area contributed by atoms with Gasteiger partial charge in [-0.3, -0.25) is 13.9 Å². The van der Waals surface area contributed by atoms with Crippen LogP contribution in [0, 0.1) is 0 Å². The standard InChI is InChI=1S/C16H17N3O3/c1-18-14-12(15(20)19(2)16(18)21)8-9-13(17-14)10-4-6-11(22-3)7-5-10/h4-7,9,17H,8H2,1-3H3. The summed E-state index contributed by atoms with van der Waals surface area (Å²) in [7, 11) is 4.77. The molecule has 1 aromatic carbocycles. The predicted octanol–water partition coefficient (Wildman–Crippen LogP) is 1.10. The van der Waals surface area contributed by atoms with Gasteiger partial charge in [0.25, 0.3) is 5.56 Å². The van der Waals surface area contributed by atoms with Gasteiger partial charge in [0.2, 0.25) is 0 Å². The summed E-state index contributed by atoms with van der Waals surface area (Å²) < 4.78 is 7.74. The summed E-state index contributed by atoms with van der Waals surface area (Å²) in [4.78, 5) is 24.2. The minimum absolute atomic E-state index is 0.254. The van der Waals surface area contributed by atoms with Gasteiger partial charge in [-0.1, -0.05) is 6.08 Å². The van der Waals surface area contributed by atoms with Crippen molar-refractivity contribution in [2.75, 3.05) is 12.4 Å². The molecule has 0 aliphatic carbocycles. The first-order valence-corrected chi connectivity index (χ1v) is 6.93. The van der Waals surface area contributed by atoms with Crippen molar-refractivity contribution in [1.29, 1.82) is 0 Å². The highest BCUT2D eigenvalue weighted by Crippen LogP contribution is 2.26. The molecular formula is C16H17N3O3. The second kappa shape index (κ2) is 5.22. The van der Waals surface area contributed by atoms with Gasteiger partial charge in [0.15, 0.2) is 0 Å². The van der Waals surface area contributed by atoms with Crippen LogP contribution in [0.25, 0.3) is 5.70 Å². The third kappa shape index (κ3) is 2.13. The van der Waals surface area contributed by atoms with Gasteiger partial charge in [0.1, 0.15) is 11.6 Å². The number of nitrogens with zero attached hydrogens (tertiary/aromatic N) is 2. The van der Waals surface area contributed by atoms with Crippen LogP contribution in [-0.4, -0.2) is 16.2 Å². The molecule has 0 saturated heterocycles. The summed E-state index contributed by atoms with van der Waals surface area (Å²) in [5.74, 6) is 1.34. The van der Waals surface area contributed by atoms with E-state index in [0.717, 1.165) is 21.6 Å². The number of aromatic nitrogens is 2. The maximum atomic E-state index is 12.2. The fourth-order valence-corrected chi connectivity index (χ4v) is 2.60. The molecule has 1 aromatic heterocycles. The number of anilines is 1. The monoisotopic (exact) mass is 299 g/mol. The van der Waals surface area contributed by atoms with Gasteiger partial charge in [-0.05, 0) is 29.8 Å². The summed E-state index contributed by atoms with van der Waals surface area (Å²) in [5, 5.41) is 3.20. The smallest absolute Gasteiger partial charge is 0.332 e. The molecule has 6 heteroatoms. The Labute approximate surface area is 127 Å². The Kier molecular flexibility index (Phi) is 3.36. The summed E-state index contributed by atoms with van der Waals surface area (Å²) in [6.45, 7) is 0. The number of nitrogens with one attached hydrogen (secondary N) is 1. The Morgan fingerprint density at radius 1 is 1.09 bits per heavy atom. The van der Waals surface area contributed by atoms with Gasteiger partial charge in [-0.2, -0.15) is 0 Å². The van der Waals surface area contributed by atoms with E-state index in [1.807, 2.05) is 30.3 Å². The molecule has 1 aliphatic rings. The van der Waals surface area contributed by atoms with Gasteiger partial charge >= 0.3 is 5.69 Å². The lowest BCUT2D eigenvalue weighted by Crippen LogP contribution is -2.41. The number of hydrogen-bond acceptors (Lipinski definition) is 4. The number of ether oxygens (including phenoxy) is 1. The van der Waals surface area contributed by atoms with E-state index < -0.39 is 0 Å². The van der Waals surface area contributed by atoms with Gasteiger partial charge in [0, 0.05) is 26.2 Å². The minimum Gasteiger partial charge on any atom is -0.497 e. The van der Waals surface area contributed by atoms with Crippen LogP contribution in [0.4, 0.5) is 5.82 Å². The van der Waals surface area contributed by atoms with E-state index in [4.69, 9.17) is 4.74 Å². The van der Waals surface area contributed by atoms with Crippen molar-refractivity contribution in [2.45, 2.75) is 6.42 Å². The molecular weight excluding hydrogens is 282 g/mol. The van der Waals surface area contributed by atoms with Crippen LogP contribution in [-0.2, 0) is 20.5 Å². The molecule has 0 spiro atoms. The van der Waals surface area contributed by atoms with Crippen LogP contribution >= 0.6 is 0 Å². The number of fused-ring (bicyclic) bond motifs is 1. The molecule has 0 bridgehead atoms. The Morgan fingerprint density at radius 3 is 2.41 bits per heavy atom. The van der Waals surface area contributed by atoms with Crippen LogP contribution in [0.3, 0.4) is 0 Å². The van der Waals surface area contributed by atoms with Crippen LogP contribution < -0.4 is 21.3 Å². The molecule has 2 heterocycles. The van der Waals surface area contributed by atoms with Crippen molar-refractivity contribution < 1.29 is 4.74 Å². The van der Waals surface area contributed by atoms with E-state index >= 15 is 0 Å². The molecule has 0 saturated carbocycles. The van der Waals surface area contributed by atoms with Crippen LogP contribution in [0.1, 0.15) is 11.1 Å². The first-order valence-electron chi connectivity index (χ1n) is 6.93. The summed E-state index contributed by atoms with van der Waals surface area (Å²) in [6, 6.07) is 7.61. The molecule has 0 fully saturated rings. The Bertz CT molecular complexity index is 873. The van der Waals surface area contributed by atoms with E-state index in [1.54, 1.807) is 14.2 Å². The number of hydrogen-bond donors (Lipinski definition) is 1. The zero-order chi connectivity index (χ0) is 15.9. The molecule has 6 nitrogen and oxygen atoms in total. The lowest BCUT2D eigenvalue weighted by Gasteiger charge is -2.22. The third-order valence-electron chi connectivity index (χ3n) is 3.92. The Morgan fingerprint density at radius 2 is 1.77 bits per heavy atom. The SMILES string of the molecule is COc1ccc(C2=CCc3c(n(C)c(=O)n(C)c3=O)N2)cc1. The number of benzene rings is 1. The molecule has 0 radical (unpaired) electrons. The zero-order valence-electron chi connectivity index (χ0n) is 12.7. The first-order chi connectivity index (χ1) is 10.5. The fraction of sp³-hybridized carbons (Fsp3) is 0.250. The second-order valence-electron chi connectivity index (χ2n) is 5.21. The number of methoxy groups -OCH3 is 1. The van der Waals surface area contributed by atoms with Crippen LogP contribution in [0.5, 0.6) is 5.75 Å². The molecule has 0 atom stereocenters.